The van der Waals surface area contributed by atoms with Crippen molar-refractivity contribution in [3.05, 3.63) is 30.1 Å². The van der Waals surface area contributed by atoms with Gasteiger partial charge in [0.1, 0.15) is 0 Å². The number of nitrogens with one attached hydrogen (secondary N) is 2. The van der Waals surface area contributed by atoms with Crippen LogP contribution in [0.25, 0.3) is 0 Å². The minimum Gasteiger partial charge on any atom is -0.454 e. The van der Waals surface area contributed by atoms with Gasteiger partial charge in [-0.15, -0.1) is 0 Å². The van der Waals surface area contributed by atoms with Gasteiger partial charge in [0.15, 0.2) is 22.3 Å². The molecule has 0 unspecified atom stereocenters. The van der Waals surface area contributed by atoms with Gasteiger partial charge in [0.25, 0.3) is 5.91 Å². The van der Waals surface area contributed by atoms with Crippen molar-refractivity contribution in [2.24, 2.45) is 5.73 Å². The van der Waals surface area contributed by atoms with Gasteiger partial charge >= 0.3 is 0 Å². The summed E-state index contributed by atoms with van der Waals surface area (Å²) in [5.41, 5.74) is 6.65. The van der Waals surface area contributed by atoms with E-state index in [0.717, 1.165) is 5.69 Å². The van der Waals surface area contributed by atoms with Crippen LogP contribution in [0.15, 0.2) is 24.4 Å². The number of rotatable bonds is 4. The Hall–Kier alpha value is -2.81. The van der Waals surface area contributed by atoms with Crippen molar-refractivity contribution in [3.8, 4) is 11.5 Å². The van der Waals surface area contributed by atoms with Crippen LogP contribution < -0.4 is 25.8 Å². The average Bonchev–Trinajstić information content (AvgIpc) is 3.12. The Kier molecular flexibility index (Phi) is 4.02. The number of hydrogen-bond acceptors (Lipinski definition) is 5. The van der Waals surface area contributed by atoms with Crippen molar-refractivity contribution in [2.75, 3.05) is 17.4 Å². The number of carbonyl (C=O) groups is 1. The van der Waals surface area contributed by atoms with Crippen LogP contribution in [0.3, 0.4) is 0 Å². The molecule has 0 atom stereocenters. The van der Waals surface area contributed by atoms with E-state index in [9.17, 15) is 4.79 Å². The molecule has 0 spiro atoms. The smallest absolute Gasteiger partial charge is 0.271 e. The molecule has 1 aromatic heterocycles. The number of carbonyl (C=O) groups excluding carboxylic acids is 1. The van der Waals surface area contributed by atoms with Gasteiger partial charge in [0.05, 0.1) is 5.69 Å². The Labute approximate surface area is 137 Å². The first-order valence-corrected chi connectivity index (χ1v) is 7.32. The molecule has 1 aliphatic rings. The standard InChI is InChI=1S/C14H15N5O3S/c1-2-19-6-9(12(18-19)13(15)20)17-14(23)16-8-3-4-10-11(5-8)22-7-21-10/h3-6H,2,7H2,1H3,(H2,15,20)(H2,16,17,23). The Bertz CT molecular complexity index is 774. The van der Waals surface area contributed by atoms with Crippen LogP contribution in [-0.4, -0.2) is 27.6 Å². The third kappa shape index (κ3) is 3.19. The first kappa shape index (κ1) is 15.1. The topological polar surface area (TPSA) is 103 Å². The quantitative estimate of drug-likeness (QED) is 0.729. The van der Waals surface area contributed by atoms with Crippen LogP contribution in [0, 0.1) is 0 Å². The zero-order valence-corrected chi connectivity index (χ0v) is 13.1. The third-order valence-corrected chi connectivity index (χ3v) is 3.40. The molecule has 8 nitrogen and oxygen atoms in total. The minimum atomic E-state index is -0.620. The molecule has 0 saturated carbocycles. The fraction of sp³-hybridized carbons (Fsp3) is 0.214. The fourth-order valence-corrected chi connectivity index (χ4v) is 2.34. The van der Waals surface area contributed by atoms with Gasteiger partial charge in [0.2, 0.25) is 6.79 Å². The van der Waals surface area contributed by atoms with Gasteiger partial charge in [-0.05, 0) is 31.3 Å². The number of aryl methyl sites for hydroxylation is 1. The lowest BCUT2D eigenvalue weighted by atomic mass is 10.3. The van der Waals surface area contributed by atoms with Gasteiger partial charge in [-0.25, -0.2) is 0 Å². The average molecular weight is 333 g/mol. The number of primary amides is 1. The summed E-state index contributed by atoms with van der Waals surface area (Å²) in [6.07, 6.45) is 1.67. The Morgan fingerprint density at radius 1 is 1.39 bits per heavy atom. The molecule has 3 rings (SSSR count). The summed E-state index contributed by atoms with van der Waals surface area (Å²) in [5.74, 6) is 0.717. The molecule has 0 bridgehead atoms. The molecule has 0 saturated heterocycles. The molecule has 23 heavy (non-hydrogen) atoms. The van der Waals surface area contributed by atoms with Crippen molar-refractivity contribution >= 4 is 34.6 Å². The number of aromatic nitrogens is 2. The van der Waals surface area contributed by atoms with E-state index in [-0.39, 0.29) is 12.5 Å². The van der Waals surface area contributed by atoms with Gasteiger partial charge in [-0.1, -0.05) is 0 Å². The first-order chi connectivity index (χ1) is 11.1. The molecule has 2 aromatic rings. The number of nitrogens with two attached hydrogens (primary N) is 1. The van der Waals surface area contributed by atoms with Crippen LogP contribution in [0.5, 0.6) is 11.5 Å². The number of hydrogen-bond donors (Lipinski definition) is 3. The number of amides is 1. The summed E-state index contributed by atoms with van der Waals surface area (Å²) in [7, 11) is 0. The van der Waals surface area contributed by atoms with E-state index in [1.54, 1.807) is 23.0 Å². The van der Waals surface area contributed by atoms with Gasteiger partial charge in [-0.2, -0.15) is 5.10 Å². The van der Waals surface area contributed by atoms with E-state index < -0.39 is 5.91 Å². The lowest BCUT2D eigenvalue weighted by Gasteiger charge is -2.10. The van der Waals surface area contributed by atoms with Crippen molar-refractivity contribution in [1.82, 2.24) is 9.78 Å². The number of anilines is 2. The second-order valence-electron chi connectivity index (χ2n) is 4.76. The molecular formula is C14H15N5O3S. The summed E-state index contributed by atoms with van der Waals surface area (Å²) >= 11 is 5.25. The Morgan fingerprint density at radius 2 is 2.17 bits per heavy atom. The second kappa shape index (κ2) is 6.13. The van der Waals surface area contributed by atoms with E-state index in [2.05, 4.69) is 15.7 Å². The van der Waals surface area contributed by atoms with Crippen LogP contribution in [0.4, 0.5) is 11.4 Å². The molecule has 9 heteroatoms. The predicted molar refractivity (Wildman–Crippen MR) is 88.8 cm³/mol. The van der Waals surface area contributed by atoms with Gasteiger partial charge in [0, 0.05) is 24.5 Å². The molecule has 120 valence electrons. The number of fused-ring (bicyclic) bond motifs is 1. The number of nitrogens with zero attached hydrogens (tertiary/aromatic N) is 2. The van der Waals surface area contributed by atoms with Crippen molar-refractivity contribution in [1.29, 1.82) is 0 Å². The summed E-state index contributed by atoms with van der Waals surface area (Å²) in [6, 6.07) is 5.38. The molecule has 1 amide bonds. The van der Waals surface area contributed by atoms with Crippen LogP contribution in [-0.2, 0) is 6.54 Å². The lowest BCUT2D eigenvalue weighted by molar-refractivity contribution is 0.0995. The zero-order chi connectivity index (χ0) is 16.4. The SMILES string of the molecule is CCn1cc(NC(=S)Nc2ccc3c(c2)OCO3)c(C(N)=O)n1. The molecule has 2 heterocycles. The van der Waals surface area contributed by atoms with Gasteiger partial charge < -0.3 is 25.8 Å². The predicted octanol–water partition coefficient (Wildman–Crippen LogP) is 1.54. The summed E-state index contributed by atoms with van der Waals surface area (Å²) < 4.78 is 12.2. The lowest BCUT2D eigenvalue weighted by Crippen LogP contribution is -2.21. The van der Waals surface area contributed by atoms with E-state index in [1.807, 2.05) is 13.0 Å². The summed E-state index contributed by atoms with van der Waals surface area (Å²) in [5, 5.41) is 10.3. The zero-order valence-electron chi connectivity index (χ0n) is 12.3. The molecular weight excluding hydrogens is 318 g/mol. The Morgan fingerprint density at radius 3 is 2.91 bits per heavy atom. The van der Waals surface area contributed by atoms with Crippen molar-refractivity contribution < 1.29 is 14.3 Å². The number of thiocarbonyl (C=S) groups is 1. The monoisotopic (exact) mass is 333 g/mol. The molecule has 1 aliphatic heterocycles. The van der Waals surface area contributed by atoms with Crippen LogP contribution in [0.1, 0.15) is 17.4 Å². The molecule has 4 N–H and O–H groups in total. The summed E-state index contributed by atoms with van der Waals surface area (Å²) in [6.45, 7) is 2.73. The Balaban J connectivity index is 1.72. The fourth-order valence-electron chi connectivity index (χ4n) is 2.12. The highest BCUT2D eigenvalue weighted by Gasteiger charge is 2.16. The highest BCUT2D eigenvalue weighted by molar-refractivity contribution is 7.80. The molecule has 0 aliphatic carbocycles. The van der Waals surface area contributed by atoms with E-state index in [1.165, 1.54) is 0 Å². The summed E-state index contributed by atoms with van der Waals surface area (Å²) in [4.78, 5) is 11.4. The van der Waals surface area contributed by atoms with Crippen molar-refractivity contribution in [3.63, 3.8) is 0 Å². The van der Waals surface area contributed by atoms with Crippen LogP contribution >= 0.6 is 12.2 Å². The van der Waals surface area contributed by atoms with E-state index >= 15 is 0 Å². The highest BCUT2D eigenvalue weighted by Crippen LogP contribution is 2.34. The van der Waals surface area contributed by atoms with E-state index in [4.69, 9.17) is 27.4 Å². The number of benzene rings is 1. The molecule has 0 fully saturated rings. The maximum atomic E-state index is 11.4. The number of ether oxygens (including phenoxy) is 2. The molecule has 0 radical (unpaired) electrons. The highest BCUT2D eigenvalue weighted by atomic mass is 32.1. The van der Waals surface area contributed by atoms with E-state index in [0.29, 0.717) is 28.8 Å². The maximum absolute atomic E-state index is 11.4. The largest absolute Gasteiger partial charge is 0.454 e. The molecule has 1 aromatic carbocycles. The maximum Gasteiger partial charge on any atom is 0.271 e. The third-order valence-electron chi connectivity index (χ3n) is 3.20. The van der Waals surface area contributed by atoms with Crippen LogP contribution in [0.2, 0.25) is 0 Å². The first-order valence-electron chi connectivity index (χ1n) is 6.91. The van der Waals surface area contributed by atoms with Crippen molar-refractivity contribution in [2.45, 2.75) is 13.5 Å². The minimum absolute atomic E-state index is 0.140. The second-order valence-corrected chi connectivity index (χ2v) is 5.17. The van der Waals surface area contributed by atoms with Gasteiger partial charge in [-0.3, -0.25) is 9.48 Å². The normalized spacial score (nSPS) is 12.0.